The number of hydrogen-bond donors (Lipinski definition) is 1. The Hall–Kier alpha value is -1.06. The molecule has 0 bridgehead atoms. The van der Waals surface area contributed by atoms with Gasteiger partial charge in [-0.3, -0.25) is 0 Å². The van der Waals surface area contributed by atoms with E-state index >= 15 is 0 Å². The number of likely N-dealkylation sites (N-methyl/N-ethyl adjacent to an activating group) is 1. The zero-order valence-electron chi connectivity index (χ0n) is 12.8. The van der Waals surface area contributed by atoms with Crippen LogP contribution in [0, 0.1) is 0 Å². The Kier molecular flexibility index (Phi) is 6.32. The fraction of sp³-hybridized carbons (Fsp3) is 0.625. The van der Waals surface area contributed by atoms with Crippen molar-refractivity contribution in [2.24, 2.45) is 0 Å². The van der Waals surface area contributed by atoms with Crippen molar-refractivity contribution in [2.75, 3.05) is 38.6 Å². The van der Waals surface area contributed by atoms with Crippen molar-refractivity contribution < 1.29 is 4.74 Å². The predicted molar refractivity (Wildman–Crippen MR) is 82.5 cm³/mol. The molecule has 0 aromatic heterocycles. The van der Waals surface area contributed by atoms with Gasteiger partial charge >= 0.3 is 0 Å². The van der Waals surface area contributed by atoms with Gasteiger partial charge in [-0.05, 0) is 31.2 Å². The van der Waals surface area contributed by atoms with Crippen LogP contribution in [0.15, 0.2) is 24.3 Å². The molecule has 2 N–H and O–H groups in total. The summed E-state index contributed by atoms with van der Waals surface area (Å²) in [5.41, 5.74) is 8.03. The van der Waals surface area contributed by atoms with Crippen molar-refractivity contribution in [3.63, 3.8) is 0 Å². The maximum atomic E-state index is 5.75. The number of rotatable bonds is 8. The highest BCUT2D eigenvalue weighted by atomic mass is 16.5. The third-order valence-electron chi connectivity index (χ3n) is 3.51. The van der Waals surface area contributed by atoms with E-state index in [4.69, 9.17) is 10.5 Å². The molecule has 19 heavy (non-hydrogen) atoms. The van der Waals surface area contributed by atoms with E-state index in [9.17, 15) is 0 Å². The molecule has 1 rings (SSSR count). The number of nitrogen functional groups attached to an aromatic ring is 1. The molecule has 0 saturated carbocycles. The zero-order valence-corrected chi connectivity index (χ0v) is 12.8. The lowest BCUT2D eigenvalue weighted by Gasteiger charge is -2.32. The van der Waals surface area contributed by atoms with E-state index in [1.807, 2.05) is 19.1 Å². The Labute approximate surface area is 117 Å². The lowest BCUT2D eigenvalue weighted by Crippen LogP contribution is -2.38. The molecule has 0 spiro atoms. The maximum absolute atomic E-state index is 5.75. The predicted octanol–water partition coefficient (Wildman–Crippen LogP) is 2.90. The second-order valence-corrected chi connectivity index (χ2v) is 5.57. The lowest BCUT2D eigenvalue weighted by molar-refractivity contribution is 0.107. The summed E-state index contributed by atoms with van der Waals surface area (Å²) in [6.07, 6.45) is 0. The van der Waals surface area contributed by atoms with Crippen LogP contribution >= 0.6 is 0 Å². The summed E-state index contributed by atoms with van der Waals surface area (Å²) in [4.78, 5) is 2.44. The minimum atomic E-state index is 0.121. The van der Waals surface area contributed by atoms with Gasteiger partial charge in [0, 0.05) is 30.8 Å². The summed E-state index contributed by atoms with van der Waals surface area (Å²) in [7, 11) is 0. The smallest absolute Gasteiger partial charge is 0.0593 e. The van der Waals surface area contributed by atoms with E-state index < -0.39 is 0 Å². The molecular formula is C16H28N2O. The highest BCUT2D eigenvalue weighted by Gasteiger charge is 2.23. The van der Waals surface area contributed by atoms with Crippen LogP contribution in [0.25, 0.3) is 0 Å². The molecular weight excluding hydrogens is 236 g/mol. The average molecular weight is 264 g/mol. The normalized spacial score (nSPS) is 12.1. The van der Waals surface area contributed by atoms with Crippen LogP contribution in [0.5, 0.6) is 0 Å². The van der Waals surface area contributed by atoms with E-state index in [1.54, 1.807) is 0 Å². The van der Waals surface area contributed by atoms with Crippen LogP contribution in [0.3, 0.4) is 0 Å². The molecule has 0 atom stereocenters. The number of nitrogens with zero attached hydrogens (tertiary/aromatic N) is 1. The first-order valence-corrected chi connectivity index (χ1v) is 7.15. The van der Waals surface area contributed by atoms with E-state index in [0.717, 1.165) is 38.5 Å². The third-order valence-corrected chi connectivity index (χ3v) is 3.51. The standard InChI is InChI=1S/C16H28N2O/c1-5-18(11-12-19-6-2)13-16(3,4)14-7-9-15(17)10-8-14/h7-10H,5-6,11-13,17H2,1-4H3. The second-order valence-electron chi connectivity index (χ2n) is 5.57. The SMILES string of the molecule is CCOCCN(CC)CC(C)(C)c1ccc(N)cc1. The topological polar surface area (TPSA) is 38.5 Å². The Morgan fingerprint density at radius 3 is 2.32 bits per heavy atom. The third kappa shape index (κ3) is 5.21. The zero-order chi connectivity index (χ0) is 14.3. The highest BCUT2D eigenvalue weighted by Crippen LogP contribution is 2.25. The number of ether oxygens (including phenoxy) is 1. The van der Waals surface area contributed by atoms with Gasteiger partial charge in [0.1, 0.15) is 0 Å². The number of anilines is 1. The molecule has 3 heteroatoms. The van der Waals surface area contributed by atoms with Crippen LogP contribution in [0.1, 0.15) is 33.3 Å². The molecule has 0 radical (unpaired) electrons. The molecule has 1 aromatic rings. The van der Waals surface area contributed by atoms with Gasteiger partial charge in [-0.2, -0.15) is 0 Å². The summed E-state index contributed by atoms with van der Waals surface area (Å²) >= 11 is 0. The van der Waals surface area contributed by atoms with Crippen LogP contribution < -0.4 is 5.73 Å². The molecule has 1 aromatic carbocycles. The van der Waals surface area contributed by atoms with Gasteiger partial charge in [0.15, 0.2) is 0 Å². The maximum Gasteiger partial charge on any atom is 0.0593 e. The van der Waals surface area contributed by atoms with Gasteiger partial charge < -0.3 is 15.4 Å². The van der Waals surface area contributed by atoms with Gasteiger partial charge in [-0.15, -0.1) is 0 Å². The number of nitrogens with two attached hydrogens (primary N) is 1. The molecule has 108 valence electrons. The van der Waals surface area contributed by atoms with Gasteiger partial charge in [0.25, 0.3) is 0 Å². The fourth-order valence-electron chi connectivity index (χ4n) is 2.27. The molecule has 0 amide bonds. The molecule has 0 fully saturated rings. The van der Waals surface area contributed by atoms with Crippen molar-refractivity contribution in [1.29, 1.82) is 0 Å². The Morgan fingerprint density at radius 2 is 1.79 bits per heavy atom. The van der Waals surface area contributed by atoms with E-state index in [0.29, 0.717) is 0 Å². The fourth-order valence-corrected chi connectivity index (χ4v) is 2.27. The number of benzene rings is 1. The van der Waals surface area contributed by atoms with E-state index in [-0.39, 0.29) is 5.41 Å². The van der Waals surface area contributed by atoms with Crippen molar-refractivity contribution >= 4 is 5.69 Å². The largest absolute Gasteiger partial charge is 0.399 e. The first-order chi connectivity index (χ1) is 8.99. The van der Waals surface area contributed by atoms with Gasteiger partial charge in [-0.1, -0.05) is 32.9 Å². The van der Waals surface area contributed by atoms with Crippen molar-refractivity contribution in [3.8, 4) is 0 Å². The summed E-state index contributed by atoms with van der Waals surface area (Å²) in [5.74, 6) is 0. The quantitative estimate of drug-likeness (QED) is 0.579. The van der Waals surface area contributed by atoms with Crippen molar-refractivity contribution in [3.05, 3.63) is 29.8 Å². The van der Waals surface area contributed by atoms with Crippen molar-refractivity contribution in [1.82, 2.24) is 4.90 Å². The Balaban J connectivity index is 2.62. The number of hydrogen-bond acceptors (Lipinski definition) is 3. The summed E-state index contributed by atoms with van der Waals surface area (Å²) < 4.78 is 5.44. The molecule has 3 nitrogen and oxygen atoms in total. The first kappa shape index (κ1) is 16.0. The lowest BCUT2D eigenvalue weighted by atomic mass is 9.84. The highest BCUT2D eigenvalue weighted by molar-refractivity contribution is 5.41. The Bertz CT molecular complexity index is 360. The van der Waals surface area contributed by atoms with Crippen LogP contribution in [0.4, 0.5) is 5.69 Å². The summed E-state index contributed by atoms with van der Waals surface area (Å²) in [6.45, 7) is 13.5. The minimum absolute atomic E-state index is 0.121. The van der Waals surface area contributed by atoms with Gasteiger partial charge in [0.2, 0.25) is 0 Å². The summed E-state index contributed by atoms with van der Waals surface area (Å²) in [5, 5.41) is 0. The van der Waals surface area contributed by atoms with Crippen LogP contribution in [0.2, 0.25) is 0 Å². The first-order valence-electron chi connectivity index (χ1n) is 7.15. The molecule has 0 unspecified atom stereocenters. The van der Waals surface area contributed by atoms with Crippen LogP contribution in [-0.4, -0.2) is 37.7 Å². The van der Waals surface area contributed by atoms with Gasteiger partial charge in [-0.25, -0.2) is 0 Å². The average Bonchev–Trinajstić information content (AvgIpc) is 2.38. The molecule has 0 aliphatic carbocycles. The summed E-state index contributed by atoms with van der Waals surface area (Å²) in [6, 6.07) is 8.22. The van der Waals surface area contributed by atoms with Crippen LogP contribution in [-0.2, 0) is 10.2 Å². The second kappa shape index (κ2) is 7.51. The molecule has 0 heterocycles. The molecule has 0 aliphatic rings. The Morgan fingerprint density at radius 1 is 1.16 bits per heavy atom. The molecule has 0 saturated heterocycles. The van der Waals surface area contributed by atoms with E-state index in [1.165, 1.54) is 5.56 Å². The van der Waals surface area contributed by atoms with Gasteiger partial charge in [0.05, 0.1) is 6.61 Å². The molecule has 0 aliphatic heterocycles. The van der Waals surface area contributed by atoms with Crippen molar-refractivity contribution in [2.45, 2.75) is 33.1 Å². The monoisotopic (exact) mass is 264 g/mol. The van der Waals surface area contributed by atoms with E-state index in [2.05, 4.69) is 37.8 Å². The minimum Gasteiger partial charge on any atom is -0.399 e.